The number of H-pyrrole nitrogens is 2. The van der Waals surface area contributed by atoms with Gasteiger partial charge in [-0.1, -0.05) is 30.3 Å². The van der Waals surface area contributed by atoms with Crippen LogP contribution in [0.5, 0.6) is 0 Å². The Morgan fingerprint density at radius 1 is 0.652 bits per heavy atom. The van der Waals surface area contributed by atoms with Gasteiger partial charge in [0.1, 0.15) is 22.9 Å². The summed E-state index contributed by atoms with van der Waals surface area (Å²) in [7, 11) is 0. The van der Waals surface area contributed by atoms with Crippen LogP contribution >= 0.6 is 0 Å². The summed E-state index contributed by atoms with van der Waals surface area (Å²) in [5.41, 5.74) is 4.43. The van der Waals surface area contributed by atoms with Gasteiger partial charge in [0.2, 0.25) is 0 Å². The van der Waals surface area contributed by atoms with E-state index in [4.69, 9.17) is 14.5 Å². The first-order valence-corrected chi connectivity index (χ1v) is 16.0. The molecule has 5 heterocycles. The van der Waals surface area contributed by atoms with Crippen LogP contribution in [0.4, 0.5) is 9.59 Å². The number of ether oxygens (including phenoxy) is 2. The molecule has 0 radical (unpaired) electrons. The van der Waals surface area contributed by atoms with Gasteiger partial charge in [-0.3, -0.25) is 14.8 Å². The summed E-state index contributed by atoms with van der Waals surface area (Å²) in [6.45, 7) is 12.6. The van der Waals surface area contributed by atoms with Gasteiger partial charge in [-0.2, -0.15) is 0 Å². The average Bonchev–Trinajstić information content (AvgIpc) is 3.82. The van der Waals surface area contributed by atoms with E-state index >= 15 is 0 Å². The summed E-state index contributed by atoms with van der Waals surface area (Å²) < 4.78 is 11.2. The standard InChI is InChI=1S/C35H43N7O4/c1-34(2,3)45-32(43)41-17-7-9-28(41)30-37-20-26(39-30)23-13-11-22(12-14-23)24-15-16-25(36-19-24)27-21-38-31(40-27)29-10-8-18-42(29)33(44)46-35(4,5)6/h11-16,19-21,28-29H,7-10,17-18H2,1-6H3,(H,37,39)(H,38,40)/t28-,29-/m0/s1. The molecule has 2 aliphatic rings. The maximum Gasteiger partial charge on any atom is 0.410 e. The van der Waals surface area contributed by atoms with Crippen LogP contribution < -0.4 is 0 Å². The smallest absolute Gasteiger partial charge is 0.410 e. The second-order valence-electron chi connectivity index (χ2n) is 14.0. The van der Waals surface area contributed by atoms with Gasteiger partial charge in [-0.15, -0.1) is 0 Å². The number of carbonyl (C=O) groups excluding carboxylic acids is 2. The molecular weight excluding hydrogens is 582 g/mol. The molecule has 11 heteroatoms. The van der Waals surface area contributed by atoms with Crippen molar-refractivity contribution in [3.63, 3.8) is 0 Å². The minimum absolute atomic E-state index is 0.125. The molecule has 6 rings (SSSR count). The monoisotopic (exact) mass is 625 g/mol. The van der Waals surface area contributed by atoms with E-state index < -0.39 is 11.2 Å². The van der Waals surface area contributed by atoms with Crippen LogP contribution in [-0.4, -0.2) is 71.2 Å². The van der Waals surface area contributed by atoms with Gasteiger partial charge in [0.25, 0.3) is 0 Å². The second kappa shape index (κ2) is 12.3. The Labute approximate surface area is 269 Å². The molecule has 0 aliphatic carbocycles. The van der Waals surface area contributed by atoms with E-state index in [9.17, 15) is 9.59 Å². The fraction of sp³-hybridized carbons (Fsp3) is 0.457. The third-order valence-electron chi connectivity index (χ3n) is 8.15. The van der Waals surface area contributed by atoms with E-state index in [0.29, 0.717) is 13.1 Å². The number of aromatic nitrogens is 5. The number of nitrogens with one attached hydrogen (secondary N) is 2. The van der Waals surface area contributed by atoms with Crippen molar-refractivity contribution in [2.75, 3.05) is 13.1 Å². The Bertz CT molecular complexity index is 1550. The Hall–Kier alpha value is -4.67. The first-order valence-electron chi connectivity index (χ1n) is 16.0. The summed E-state index contributed by atoms with van der Waals surface area (Å²) in [6.07, 6.45) is 8.33. The molecule has 0 spiro atoms. The molecule has 4 aromatic rings. The molecule has 1 aromatic carbocycles. The van der Waals surface area contributed by atoms with E-state index in [0.717, 1.165) is 71.1 Å². The van der Waals surface area contributed by atoms with Crippen LogP contribution in [0.1, 0.15) is 91.0 Å². The van der Waals surface area contributed by atoms with Crippen LogP contribution in [0.2, 0.25) is 0 Å². The van der Waals surface area contributed by atoms with Crippen molar-refractivity contribution in [3.05, 3.63) is 66.6 Å². The number of pyridine rings is 1. The number of nitrogens with zero attached hydrogens (tertiary/aromatic N) is 5. The highest BCUT2D eigenvalue weighted by molar-refractivity contribution is 5.71. The second-order valence-corrected chi connectivity index (χ2v) is 14.0. The van der Waals surface area contributed by atoms with Crippen molar-refractivity contribution in [1.29, 1.82) is 0 Å². The van der Waals surface area contributed by atoms with Crippen molar-refractivity contribution in [2.24, 2.45) is 0 Å². The third kappa shape index (κ3) is 6.93. The van der Waals surface area contributed by atoms with E-state index in [1.54, 1.807) is 16.0 Å². The number of rotatable bonds is 5. The molecule has 2 saturated heterocycles. The highest BCUT2D eigenvalue weighted by Gasteiger charge is 2.36. The number of amides is 2. The van der Waals surface area contributed by atoms with Gasteiger partial charge in [-0.05, 0) is 84.4 Å². The number of benzene rings is 1. The van der Waals surface area contributed by atoms with E-state index in [1.165, 1.54) is 0 Å². The number of aromatic amines is 2. The lowest BCUT2D eigenvalue weighted by molar-refractivity contribution is 0.0208. The summed E-state index contributed by atoms with van der Waals surface area (Å²) >= 11 is 0. The fourth-order valence-electron chi connectivity index (χ4n) is 6.04. The first-order chi connectivity index (χ1) is 21.8. The minimum Gasteiger partial charge on any atom is -0.444 e. The lowest BCUT2D eigenvalue weighted by Gasteiger charge is -2.27. The Kier molecular flexibility index (Phi) is 8.35. The van der Waals surface area contributed by atoms with Gasteiger partial charge in [0.05, 0.1) is 41.6 Å². The molecule has 3 aromatic heterocycles. The third-order valence-corrected chi connectivity index (χ3v) is 8.15. The minimum atomic E-state index is -0.546. The quantitative estimate of drug-likeness (QED) is 0.233. The van der Waals surface area contributed by atoms with Crippen LogP contribution in [0.25, 0.3) is 33.8 Å². The number of hydrogen-bond donors (Lipinski definition) is 2. The summed E-state index contributed by atoms with van der Waals surface area (Å²) in [5.74, 6) is 1.52. The maximum absolute atomic E-state index is 12.8. The molecule has 2 aliphatic heterocycles. The van der Waals surface area contributed by atoms with Gasteiger partial charge in [0, 0.05) is 24.8 Å². The van der Waals surface area contributed by atoms with Gasteiger partial charge < -0.3 is 19.4 Å². The molecule has 2 N–H and O–H groups in total. The largest absolute Gasteiger partial charge is 0.444 e. The van der Waals surface area contributed by atoms with Crippen molar-refractivity contribution < 1.29 is 19.1 Å². The fourth-order valence-corrected chi connectivity index (χ4v) is 6.04. The highest BCUT2D eigenvalue weighted by atomic mass is 16.6. The average molecular weight is 626 g/mol. The zero-order valence-electron chi connectivity index (χ0n) is 27.5. The summed E-state index contributed by atoms with van der Waals surface area (Å²) in [5, 5.41) is 0. The van der Waals surface area contributed by atoms with Crippen molar-refractivity contribution in [1.82, 2.24) is 34.7 Å². The molecule has 242 valence electrons. The Balaban J connectivity index is 1.11. The summed E-state index contributed by atoms with van der Waals surface area (Å²) in [4.78, 5) is 49.8. The zero-order valence-corrected chi connectivity index (χ0v) is 27.5. The topological polar surface area (TPSA) is 129 Å². The molecule has 46 heavy (non-hydrogen) atoms. The normalized spacial score (nSPS) is 18.7. The maximum atomic E-state index is 12.8. The highest BCUT2D eigenvalue weighted by Crippen LogP contribution is 2.35. The van der Waals surface area contributed by atoms with Gasteiger partial charge in [-0.25, -0.2) is 19.6 Å². The molecule has 0 bridgehead atoms. The van der Waals surface area contributed by atoms with Crippen LogP contribution in [0.3, 0.4) is 0 Å². The van der Waals surface area contributed by atoms with Gasteiger partial charge >= 0.3 is 12.2 Å². The Morgan fingerprint density at radius 2 is 1.13 bits per heavy atom. The van der Waals surface area contributed by atoms with Crippen LogP contribution in [0, 0.1) is 0 Å². The predicted molar refractivity (Wildman–Crippen MR) is 175 cm³/mol. The number of hydrogen-bond acceptors (Lipinski definition) is 7. The first kappa shape index (κ1) is 31.3. The number of likely N-dealkylation sites (tertiary alicyclic amines) is 2. The lowest BCUT2D eigenvalue weighted by Crippen LogP contribution is -2.36. The lowest BCUT2D eigenvalue weighted by atomic mass is 10.0. The van der Waals surface area contributed by atoms with Gasteiger partial charge in [0.15, 0.2) is 0 Å². The zero-order chi connectivity index (χ0) is 32.6. The van der Waals surface area contributed by atoms with Crippen LogP contribution in [-0.2, 0) is 9.47 Å². The van der Waals surface area contributed by atoms with Crippen molar-refractivity contribution >= 4 is 12.2 Å². The van der Waals surface area contributed by atoms with Crippen molar-refractivity contribution in [3.8, 4) is 33.8 Å². The Morgan fingerprint density at radius 3 is 1.63 bits per heavy atom. The van der Waals surface area contributed by atoms with Crippen molar-refractivity contribution in [2.45, 2.75) is 90.5 Å². The van der Waals surface area contributed by atoms with E-state index in [-0.39, 0.29) is 24.3 Å². The van der Waals surface area contributed by atoms with E-state index in [2.05, 4.69) is 44.2 Å². The number of imidazole rings is 2. The number of carbonyl (C=O) groups is 2. The molecule has 2 fully saturated rings. The molecule has 11 nitrogen and oxygen atoms in total. The molecule has 0 unspecified atom stereocenters. The van der Waals surface area contributed by atoms with E-state index in [1.807, 2.05) is 66.1 Å². The molecule has 2 amide bonds. The molecule has 0 saturated carbocycles. The summed E-state index contributed by atoms with van der Waals surface area (Å²) in [6, 6.07) is 12.0. The SMILES string of the molecule is CC(C)(C)OC(=O)N1CCC[C@H]1c1ncc(-c2ccc(-c3ccc(-c4cnc([C@@H]5CCCN5C(=O)OC(C)(C)C)[nH]4)nc3)cc2)[nH]1. The molecular formula is C35H43N7O4. The predicted octanol–water partition coefficient (Wildman–Crippen LogP) is 7.67. The molecule has 2 atom stereocenters. The van der Waals surface area contributed by atoms with Crippen LogP contribution in [0.15, 0.2) is 55.0 Å².